The zero-order chi connectivity index (χ0) is 9.97. The second-order valence-corrected chi connectivity index (χ2v) is 2.76. The summed E-state index contributed by atoms with van der Waals surface area (Å²) in [5.74, 6) is -0.875. The van der Waals surface area contributed by atoms with Crippen LogP contribution in [-0.4, -0.2) is 25.2 Å². The maximum atomic E-state index is 11.2. The topological polar surface area (TPSA) is 52.6 Å². The van der Waals surface area contributed by atoms with E-state index in [0.29, 0.717) is 11.1 Å². The largest absolute Gasteiger partial charge is 1.00 e. The van der Waals surface area contributed by atoms with Crippen molar-refractivity contribution in [1.29, 1.82) is 0 Å². The van der Waals surface area contributed by atoms with E-state index < -0.39 is 11.9 Å². The second-order valence-electron chi connectivity index (χ2n) is 2.76. The Labute approximate surface area is 109 Å². The Hall–Kier alpha value is -0.840. The third-order valence-electron chi connectivity index (χ3n) is 1.82. The maximum Gasteiger partial charge on any atom is 1.00 e. The van der Waals surface area contributed by atoms with E-state index in [9.17, 15) is 9.59 Å². The van der Waals surface area contributed by atoms with Gasteiger partial charge in [-0.25, -0.2) is 0 Å². The van der Waals surface area contributed by atoms with Crippen molar-refractivity contribution in [2.45, 2.75) is 0 Å². The first-order chi connectivity index (χ1) is 6.77. The number of carbonyl (C=O) groups is 2. The van der Waals surface area contributed by atoms with Gasteiger partial charge in [-0.2, -0.15) is 0 Å². The van der Waals surface area contributed by atoms with Crippen LogP contribution in [-0.2, 0) is 9.47 Å². The molecule has 72 valence electrons. The predicted octanol–water partition coefficient (Wildman–Crippen LogP) is -2.18. The smallest absolute Gasteiger partial charge is 0.502 e. The molecule has 4 nitrogen and oxygen atoms in total. The molecule has 0 radical (unpaired) electrons. The van der Waals surface area contributed by atoms with Gasteiger partial charge < -0.3 is 14.3 Å². The van der Waals surface area contributed by atoms with Gasteiger partial charge in [-0.1, -0.05) is 5.56 Å². The van der Waals surface area contributed by atoms with E-state index >= 15 is 0 Å². The molecule has 0 aliphatic carbocycles. The number of benzene rings is 1. The summed E-state index contributed by atoms with van der Waals surface area (Å²) in [6, 6.07) is 7.09. The first-order valence-electron chi connectivity index (χ1n) is 4.13. The Morgan fingerprint density at radius 1 is 1.07 bits per heavy atom. The molecular formula is C10H7NaO4. The van der Waals surface area contributed by atoms with Crippen molar-refractivity contribution >= 4 is 11.9 Å². The number of ether oxygens (including phenoxy) is 2. The minimum absolute atomic E-state index is 0. The number of esters is 2. The van der Waals surface area contributed by atoms with Gasteiger partial charge in [-0.15, -0.1) is 24.3 Å². The molecule has 2 aliphatic heterocycles. The first-order valence-corrected chi connectivity index (χ1v) is 4.13. The summed E-state index contributed by atoms with van der Waals surface area (Å²) in [5.41, 5.74) is 0.715. The van der Waals surface area contributed by atoms with Crippen molar-refractivity contribution in [2.24, 2.45) is 0 Å². The minimum Gasteiger partial charge on any atom is -0.502 e. The van der Waals surface area contributed by atoms with Crippen LogP contribution in [0.3, 0.4) is 0 Å². The molecule has 0 spiro atoms. The third-order valence-corrected chi connectivity index (χ3v) is 1.82. The molecule has 0 unspecified atom stereocenters. The number of carbonyl (C=O) groups excluding carboxylic acids is 2. The molecule has 0 N–H and O–H groups in total. The molecule has 15 heavy (non-hydrogen) atoms. The molecule has 0 amide bonds. The average molecular weight is 214 g/mol. The molecule has 0 aromatic heterocycles. The van der Waals surface area contributed by atoms with Gasteiger partial charge in [0.15, 0.2) is 0 Å². The summed E-state index contributed by atoms with van der Waals surface area (Å²) in [4.78, 5) is 22.5. The van der Waals surface area contributed by atoms with Gasteiger partial charge >= 0.3 is 29.6 Å². The molecular weight excluding hydrogens is 207 g/mol. The quantitative estimate of drug-likeness (QED) is 0.280. The molecule has 0 fully saturated rings. The zero-order valence-corrected chi connectivity index (χ0v) is 10.3. The monoisotopic (exact) mass is 214 g/mol. The summed E-state index contributed by atoms with van der Waals surface area (Å²) >= 11 is 0. The Balaban J connectivity index is 0.00000112. The SMILES string of the molecule is O=C1OCCOC(=O)c2c[c-]c1cc2.[Na+]. The van der Waals surface area contributed by atoms with Crippen LogP contribution in [0.4, 0.5) is 0 Å². The summed E-state index contributed by atoms with van der Waals surface area (Å²) < 4.78 is 9.61. The van der Waals surface area contributed by atoms with Crippen LogP contribution in [0.15, 0.2) is 18.2 Å². The molecule has 0 atom stereocenters. The van der Waals surface area contributed by atoms with Gasteiger partial charge in [-0.3, -0.25) is 4.79 Å². The summed E-state index contributed by atoms with van der Waals surface area (Å²) in [6.07, 6.45) is 0. The van der Waals surface area contributed by atoms with Crippen LogP contribution >= 0.6 is 0 Å². The number of hydrogen-bond donors (Lipinski definition) is 0. The van der Waals surface area contributed by atoms with E-state index in [-0.39, 0.29) is 42.8 Å². The Bertz CT molecular complexity index is 335. The van der Waals surface area contributed by atoms with E-state index in [1.807, 2.05) is 0 Å². The molecule has 0 saturated heterocycles. The van der Waals surface area contributed by atoms with Gasteiger partial charge in [0.2, 0.25) is 5.97 Å². The van der Waals surface area contributed by atoms with Crippen molar-refractivity contribution in [2.75, 3.05) is 13.2 Å². The van der Waals surface area contributed by atoms with E-state index in [4.69, 9.17) is 9.47 Å². The predicted molar refractivity (Wildman–Crippen MR) is 45.8 cm³/mol. The second kappa shape index (κ2) is 5.30. The molecule has 2 heterocycles. The first kappa shape index (κ1) is 12.2. The fourth-order valence-corrected chi connectivity index (χ4v) is 1.11. The van der Waals surface area contributed by atoms with Gasteiger partial charge in [0.1, 0.15) is 13.2 Å². The molecule has 5 heteroatoms. The number of rotatable bonds is 0. The van der Waals surface area contributed by atoms with Gasteiger partial charge in [0.25, 0.3) is 5.97 Å². The molecule has 3 rings (SSSR count). The standard InChI is InChI=1S/C10H7O4.Na/c11-9-7-1-2-8(4-3-7)10(12)14-6-5-13-9;/h1-3H,5-6H2;/q-1;+1. The van der Waals surface area contributed by atoms with Gasteiger partial charge in [-0.05, 0) is 5.56 Å². The van der Waals surface area contributed by atoms with Crippen molar-refractivity contribution in [3.8, 4) is 0 Å². The fraction of sp³-hybridized carbons (Fsp3) is 0.200. The Kier molecular flexibility index (Phi) is 4.32. The van der Waals surface area contributed by atoms with Crippen molar-refractivity contribution < 1.29 is 48.6 Å². The maximum absolute atomic E-state index is 11.2. The average Bonchev–Trinajstić information content (AvgIpc) is 2.23. The molecule has 0 saturated carbocycles. The van der Waals surface area contributed by atoms with Crippen LogP contribution in [0.1, 0.15) is 20.7 Å². The van der Waals surface area contributed by atoms with E-state index in [1.165, 1.54) is 18.2 Å². The number of hydrogen-bond acceptors (Lipinski definition) is 4. The summed E-state index contributed by atoms with van der Waals surface area (Å²) in [6.45, 7) is 0.167. The van der Waals surface area contributed by atoms with Crippen LogP contribution in [0, 0.1) is 6.07 Å². The van der Waals surface area contributed by atoms with Crippen molar-refractivity contribution in [3.05, 3.63) is 35.4 Å². The molecule has 1 aromatic carbocycles. The number of fused-ring (bicyclic) bond motifs is 7. The Morgan fingerprint density at radius 3 is 2.33 bits per heavy atom. The van der Waals surface area contributed by atoms with Crippen LogP contribution < -0.4 is 29.6 Å². The molecule has 2 aliphatic rings. The zero-order valence-electron chi connectivity index (χ0n) is 8.28. The van der Waals surface area contributed by atoms with E-state index in [2.05, 4.69) is 6.07 Å². The fourth-order valence-electron chi connectivity index (χ4n) is 1.11. The summed E-state index contributed by atoms with van der Waals surface area (Å²) in [7, 11) is 0. The van der Waals surface area contributed by atoms with Crippen molar-refractivity contribution in [1.82, 2.24) is 0 Å². The van der Waals surface area contributed by atoms with Gasteiger partial charge in [0, 0.05) is 0 Å². The molecule has 1 aromatic rings. The van der Waals surface area contributed by atoms with Crippen LogP contribution in [0.25, 0.3) is 0 Å². The van der Waals surface area contributed by atoms with Crippen LogP contribution in [0.2, 0.25) is 0 Å². The molecule has 2 bridgehead atoms. The third kappa shape index (κ3) is 2.81. The Morgan fingerprint density at radius 2 is 1.73 bits per heavy atom. The van der Waals surface area contributed by atoms with Crippen LogP contribution in [0.5, 0.6) is 0 Å². The minimum atomic E-state index is -0.450. The van der Waals surface area contributed by atoms with Crippen molar-refractivity contribution in [3.63, 3.8) is 0 Å². The normalized spacial score (nSPS) is 14.9. The summed E-state index contributed by atoms with van der Waals surface area (Å²) in [5, 5.41) is 0. The van der Waals surface area contributed by atoms with E-state index in [1.54, 1.807) is 0 Å². The van der Waals surface area contributed by atoms with Gasteiger partial charge in [0.05, 0.1) is 0 Å². The van der Waals surface area contributed by atoms with E-state index in [0.717, 1.165) is 0 Å².